The second kappa shape index (κ2) is 11.6. The summed E-state index contributed by atoms with van der Waals surface area (Å²) in [6.45, 7) is 3.90. The molecule has 0 bridgehead atoms. The van der Waals surface area contributed by atoms with Crippen molar-refractivity contribution in [3.8, 4) is 17.6 Å². The van der Waals surface area contributed by atoms with Gasteiger partial charge in [0.1, 0.15) is 23.9 Å². The van der Waals surface area contributed by atoms with Crippen molar-refractivity contribution in [1.82, 2.24) is 15.5 Å². The number of carbonyl (C=O) groups excluding carboxylic acids is 2. The SMILES string of the molecule is CCOc1cc(OC2CCC(NC(=O)c3ccc(N4CCC(C=O)CC4)nn3)CC2)ccc1C#N. The van der Waals surface area contributed by atoms with Crippen molar-refractivity contribution in [3.05, 3.63) is 41.6 Å². The minimum absolute atomic E-state index is 0.0491. The van der Waals surface area contributed by atoms with Gasteiger partial charge in [0, 0.05) is 31.1 Å². The van der Waals surface area contributed by atoms with Gasteiger partial charge in [0.05, 0.1) is 18.3 Å². The van der Waals surface area contributed by atoms with Gasteiger partial charge in [-0.05, 0) is 69.7 Å². The molecule has 2 aliphatic rings. The smallest absolute Gasteiger partial charge is 0.272 e. The Balaban J connectivity index is 1.24. The molecule has 0 unspecified atom stereocenters. The number of nitrogens with zero attached hydrogens (tertiary/aromatic N) is 4. The summed E-state index contributed by atoms with van der Waals surface area (Å²) in [5.41, 5.74) is 0.792. The van der Waals surface area contributed by atoms with E-state index in [2.05, 4.69) is 26.5 Å². The van der Waals surface area contributed by atoms with E-state index in [4.69, 9.17) is 9.47 Å². The number of hydrogen-bond acceptors (Lipinski definition) is 8. The van der Waals surface area contributed by atoms with Crippen molar-refractivity contribution in [2.24, 2.45) is 5.92 Å². The van der Waals surface area contributed by atoms with E-state index in [1.54, 1.807) is 24.3 Å². The Morgan fingerprint density at radius 3 is 2.54 bits per heavy atom. The van der Waals surface area contributed by atoms with Gasteiger partial charge in [0.2, 0.25) is 0 Å². The molecular weight excluding hydrogens is 446 g/mol. The zero-order chi connectivity index (χ0) is 24.6. The number of aromatic nitrogens is 2. The van der Waals surface area contributed by atoms with Crippen LogP contribution in [0.1, 0.15) is 61.5 Å². The number of anilines is 1. The number of aldehydes is 1. The molecule has 184 valence electrons. The van der Waals surface area contributed by atoms with Crippen LogP contribution in [0.4, 0.5) is 5.82 Å². The lowest BCUT2D eigenvalue weighted by Gasteiger charge is -2.30. The first-order valence-corrected chi connectivity index (χ1v) is 12.3. The molecule has 2 heterocycles. The van der Waals surface area contributed by atoms with Crippen LogP contribution < -0.4 is 19.7 Å². The summed E-state index contributed by atoms with van der Waals surface area (Å²) in [7, 11) is 0. The maximum Gasteiger partial charge on any atom is 0.272 e. The van der Waals surface area contributed by atoms with E-state index >= 15 is 0 Å². The first-order valence-electron chi connectivity index (χ1n) is 12.3. The second-order valence-corrected chi connectivity index (χ2v) is 9.01. The average Bonchev–Trinajstić information content (AvgIpc) is 2.90. The normalized spacial score (nSPS) is 20.5. The van der Waals surface area contributed by atoms with E-state index in [0.717, 1.165) is 63.7 Å². The van der Waals surface area contributed by atoms with Gasteiger partial charge >= 0.3 is 0 Å². The predicted molar refractivity (Wildman–Crippen MR) is 129 cm³/mol. The van der Waals surface area contributed by atoms with Gasteiger partial charge in [-0.15, -0.1) is 10.2 Å². The largest absolute Gasteiger partial charge is 0.492 e. The monoisotopic (exact) mass is 477 g/mol. The molecule has 0 spiro atoms. The molecule has 2 fully saturated rings. The lowest BCUT2D eigenvalue weighted by atomic mass is 9.92. The molecule has 1 N–H and O–H groups in total. The Labute approximate surface area is 205 Å². The van der Waals surface area contributed by atoms with Gasteiger partial charge in [-0.25, -0.2) is 0 Å². The van der Waals surface area contributed by atoms with Crippen LogP contribution in [0.2, 0.25) is 0 Å². The van der Waals surface area contributed by atoms with E-state index in [0.29, 0.717) is 29.4 Å². The second-order valence-electron chi connectivity index (χ2n) is 9.01. The number of carbonyl (C=O) groups is 2. The van der Waals surface area contributed by atoms with Gasteiger partial charge in [-0.3, -0.25) is 4.79 Å². The van der Waals surface area contributed by atoms with E-state index < -0.39 is 0 Å². The molecule has 2 aromatic rings. The zero-order valence-electron chi connectivity index (χ0n) is 20.0. The molecule has 1 aliphatic heterocycles. The van der Waals surface area contributed by atoms with E-state index in [-0.39, 0.29) is 24.0 Å². The van der Waals surface area contributed by atoms with Crippen LogP contribution in [0.25, 0.3) is 0 Å². The molecule has 35 heavy (non-hydrogen) atoms. The molecule has 4 rings (SSSR count). The fourth-order valence-electron chi connectivity index (χ4n) is 4.60. The lowest BCUT2D eigenvalue weighted by molar-refractivity contribution is -0.111. The first-order chi connectivity index (χ1) is 17.1. The number of benzene rings is 1. The van der Waals surface area contributed by atoms with Crippen LogP contribution in [0.3, 0.4) is 0 Å². The molecule has 1 saturated heterocycles. The van der Waals surface area contributed by atoms with Crippen molar-refractivity contribution < 1.29 is 19.1 Å². The molecule has 0 radical (unpaired) electrons. The van der Waals surface area contributed by atoms with Gasteiger partial charge in [-0.1, -0.05) is 0 Å². The number of nitriles is 1. The average molecular weight is 478 g/mol. The third-order valence-corrected chi connectivity index (χ3v) is 6.62. The van der Waals surface area contributed by atoms with Crippen LogP contribution in [-0.4, -0.2) is 54.2 Å². The Bertz CT molecular complexity index is 1050. The Hall–Kier alpha value is -3.67. The van der Waals surface area contributed by atoms with Crippen molar-refractivity contribution in [2.45, 2.75) is 57.6 Å². The summed E-state index contributed by atoms with van der Waals surface area (Å²) < 4.78 is 11.7. The lowest BCUT2D eigenvalue weighted by Crippen LogP contribution is -2.40. The Morgan fingerprint density at radius 1 is 1.14 bits per heavy atom. The molecule has 1 aromatic carbocycles. The minimum atomic E-state index is -0.221. The van der Waals surface area contributed by atoms with Crippen LogP contribution >= 0.6 is 0 Å². The van der Waals surface area contributed by atoms with Gasteiger partial charge in [-0.2, -0.15) is 5.26 Å². The van der Waals surface area contributed by atoms with E-state index in [1.807, 2.05) is 13.0 Å². The highest BCUT2D eigenvalue weighted by molar-refractivity contribution is 5.92. The highest BCUT2D eigenvalue weighted by Gasteiger charge is 2.25. The molecule has 1 aromatic heterocycles. The van der Waals surface area contributed by atoms with Gasteiger partial charge in [0.25, 0.3) is 5.91 Å². The Kier molecular flexibility index (Phi) is 8.14. The van der Waals surface area contributed by atoms with Crippen LogP contribution in [0, 0.1) is 17.2 Å². The summed E-state index contributed by atoms with van der Waals surface area (Å²) in [6, 6.07) is 11.0. The number of nitrogens with one attached hydrogen (secondary N) is 1. The summed E-state index contributed by atoms with van der Waals surface area (Å²) in [5, 5.41) is 20.6. The molecule has 0 atom stereocenters. The molecule has 9 heteroatoms. The highest BCUT2D eigenvalue weighted by atomic mass is 16.5. The molecule has 1 aliphatic carbocycles. The van der Waals surface area contributed by atoms with Gasteiger partial charge < -0.3 is 24.5 Å². The molecule has 1 saturated carbocycles. The van der Waals surface area contributed by atoms with E-state index in [9.17, 15) is 14.9 Å². The number of amides is 1. The van der Waals surface area contributed by atoms with Crippen molar-refractivity contribution in [3.63, 3.8) is 0 Å². The summed E-state index contributed by atoms with van der Waals surface area (Å²) >= 11 is 0. The van der Waals surface area contributed by atoms with Crippen LogP contribution in [-0.2, 0) is 4.79 Å². The maximum atomic E-state index is 12.7. The topological polar surface area (TPSA) is 117 Å². The maximum absolute atomic E-state index is 12.7. The third kappa shape index (κ3) is 6.27. The highest BCUT2D eigenvalue weighted by Crippen LogP contribution is 2.29. The van der Waals surface area contributed by atoms with Gasteiger partial charge in [0.15, 0.2) is 11.5 Å². The molecule has 9 nitrogen and oxygen atoms in total. The predicted octanol–water partition coefficient (Wildman–Crippen LogP) is 3.28. The standard InChI is InChI=1S/C26H31N5O4/c1-2-34-24-15-22(6-3-19(24)16-27)35-21-7-4-20(5-8-21)28-26(33)23-9-10-25(30-29-23)31-13-11-18(17-32)12-14-31/h3,6,9-10,15,17-18,20-21H,2,4-5,7-8,11-14H2,1H3,(H,28,33). The Morgan fingerprint density at radius 2 is 1.91 bits per heavy atom. The quantitative estimate of drug-likeness (QED) is 0.576. The molecule has 1 amide bonds. The number of hydrogen-bond donors (Lipinski definition) is 1. The summed E-state index contributed by atoms with van der Waals surface area (Å²) in [4.78, 5) is 25.7. The third-order valence-electron chi connectivity index (χ3n) is 6.62. The van der Waals surface area contributed by atoms with E-state index in [1.165, 1.54) is 0 Å². The number of piperidine rings is 1. The number of rotatable bonds is 8. The fourth-order valence-corrected chi connectivity index (χ4v) is 4.60. The minimum Gasteiger partial charge on any atom is -0.492 e. The fraction of sp³-hybridized carbons (Fsp3) is 0.500. The van der Waals surface area contributed by atoms with Crippen molar-refractivity contribution in [2.75, 3.05) is 24.6 Å². The summed E-state index contributed by atoms with van der Waals surface area (Å²) in [5.74, 6) is 1.86. The van der Waals surface area contributed by atoms with Crippen LogP contribution in [0.15, 0.2) is 30.3 Å². The van der Waals surface area contributed by atoms with Crippen molar-refractivity contribution in [1.29, 1.82) is 5.26 Å². The van der Waals surface area contributed by atoms with Crippen LogP contribution in [0.5, 0.6) is 11.5 Å². The molecular formula is C26H31N5O4. The van der Waals surface area contributed by atoms with Crippen molar-refractivity contribution >= 4 is 18.0 Å². The zero-order valence-corrected chi connectivity index (χ0v) is 20.0. The first kappa shape index (κ1) is 24.5. The number of ether oxygens (including phenoxy) is 2. The summed E-state index contributed by atoms with van der Waals surface area (Å²) in [6.07, 6.45) is 5.96.